The zero-order chi connectivity index (χ0) is 20.5. The van der Waals surface area contributed by atoms with Crippen LogP contribution < -0.4 is 16.0 Å². The van der Waals surface area contributed by atoms with Crippen LogP contribution in [-0.4, -0.2) is 21.2 Å². The number of aryl methyl sites for hydroxylation is 2. The minimum atomic E-state index is -0.415. The van der Waals surface area contributed by atoms with Crippen LogP contribution in [0.1, 0.15) is 16.8 Å². The first-order valence-electron chi connectivity index (χ1n) is 9.32. The van der Waals surface area contributed by atoms with E-state index in [1.54, 1.807) is 7.11 Å². The van der Waals surface area contributed by atoms with Crippen molar-refractivity contribution in [2.45, 2.75) is 20.4 Å². The number of pyridine rings is 1. The molecule has 0 fully saturated rings. The number of hydrogen-bond donors (Lipinski definition) is 0. The highest BCUT2D eigenvalue weighted by Gasteiger charge is 2.18. The zero-order valence-electron chi connectivity index (χ0n) is 16.5. The standard InChI is InChI=1S/C23H21N3O3/c1-15-13-16(2)24-21-20(15)22(27)25(14-17-9-11-19(29-3)12-10-17)23(28)26(21)18-7-5-4-6-8-18/h4-13H,14H2,1-3H3. The Morgan fingerprint density at radius 1 is 0.966 bits per heavy atom. The number of rotatable bonds is 4. The van der Waals surface area contributed by atoms with E-state index in [4.69, 9.17) is 4.74 Å². The number of methoxy groups -OCH3 is 1. The van der Waals surface area contributed by atoms with Crippen LogP contribution in [0.3, 0.4) is 0 Å². The average molecular weight is 387 g/mol. The van der Waals surface area contributed by atoms with Crippen molar-refractivity contribution in [2.75, 3.05) is 7.11 Å². The highest BCUT2D eigenvalue weighted by molar-refractivity contribution is 5.79. The van der Waals surface area contributed by atoms with Crippen LogP contribution >= 0.6 is 0 Å². The lowest BCUT2D eigenvalue weighted by Crippen LogP contribution is -2.40. The summed E-state index contributed by atoms with van der Waals surface area (Å²) in [5, 5.41) is 0.451. The van der Waals surface area contributed by atoms with Crippen LogP contribution in [-0.2, 0) is 6.54 Å². The van der Waals surface area contributed by atoms with E-state index in [1.165, 1.54) is 9.13 Å². The maximum absolute atomic E-state index is 13.4. The van der Waals surface area contributed by atoms with Crippen LogP contribution in [0.5, 0.6) is 5.75 Å². The SMILES string of the molecule is COc1ccc(Cn2c(=O)c3c(C)cc(C)nc3n(-c3ccccc3)c2=O)cc1. The number of fused-ring (bicyclic) bond motifs is 1. The molecular weight excluding hydrogens is 366 g/mol. The summed E-state index contributed by atoms with van der Waals surface area (Å²) in [6, 6.07) is 18.5. The predicted octanol–water partition coefficient (Wildman–Crippen LogP) is 3.22. The van der Waals surface area contributed by atoms with Gasteiger partial charge < -0.3 is 4.74 Å². The third-order valence-electron chi connectivity index (χ3n) is 4.93. The summed E-state index contributed by atoms with van der Waals surface area (Å²) in [7, 11) is 1.60. The summed E-state index contributed by atoms with van der Waals surface area (Å²) in [4.78, 5) is 31.2. The molecule has 0 saturated carbocycles. The van der Waals surface area contributed by atoms with E-state index in [1.807, 2.05) is 74.5 Å². The molecule has 29 heavy (non-hydrogen) atoms. The minimum Gasteiger partial charge on any atom is -0.497 e. The Hall–Kier alpha value is -3.67. The Morgan fingerprint density at radius 3 is 2.31 bits per heavy atom. The molecule has 0 radical (unpaired) electrons. The summed E-state index contributed by atoms with van der Waals surface area (Å²) >= 11 is 0. The number of ether oxygens (including phenoxy) is 1. The maximum Gasteiger partial charge on any atom is 0.337 e. The van der Waals surface area contributed by atoms with Gasteiger partial charge in [-0.25, -0.2) is 14.3 Å². The molecule has 4 rings (SSSR count). The molecular formula is C23H21N3O3. The van der Waals surface area contributed by atoms with E-state index in [0.717, 1.165) is 22.6 Å². The molecule has 0 aliphatic carbocycles. The fourth-order valence-corrected chi connectivity index (χ4v) is 3.54. The summed E-state index contributed by atoms with van der Waals surface area (Å²) in [5.41, 5.74) is 2.69. The van der Waals surface area contributed by atoms with Gasteiger partial charge in [0.25, 0.3) is 5.56 Å². The Balaban J connectivity index is 2.02. The van der Waals surface area contributed by atoms with Crippen LogP contribution in [0.4, 0.5) is 0 Å². The normalized spacial score (nSPS) is 11.0. The Labute approximate surface area is 167 Å². The van der Waals surface area contributed by atoms with Crippen molar-refractivity contribution in [3.8, 4) is 11.4 Å². The van der Waals surface area contributed by atoms with Gasteiger partial charge in [0.15, 0.2) is 5.65 Å². The lowest BCUT2D eigenvalue weighted by molar-refractivity contribution is 0.414. The van der Waals surface area contributed by atoms with Crippen molar-refractivity contribution in [3.05, 3.63) is 98.3 Å². The molecule has 0 atom stereocenters. The molecule has 0 N–H and O–H groups in total. The van der Waals surface area contributed by atoms with Crippen LogP contribution in [0.15, 0.2) is 70.3 Å². The molecule has 0 aliphatic heterocycles. The quantitative estimate of drug-likeness (QED) is 0.539. The maximum atomic E-state index is 13.4. The average Bonchev–Trinajstić information content (AvgIpc) is 2.72. The van der Waals surface area contributed by atoms with Crippen molar-refractivity contribution >= 4 is 11.0 Å². The van der Waals surface area contributed by atoms with Gasteiger partial charge in [-0.2, -0.15) is 0 Å². The van der Waals surface area contributed by atoms with E-state index in [9.17, 15) is 9.59 Å². The topological polar surface area (TPSA) is 66.1 Å². The lowest BCUT2D eigenvalue weighted by atomic mass is 10.1. The summed E-state index contributed by atoms with van der Waals surface area (Å²) in [6.07, 6.45) is 0. The number of benzene rings is 2. The van der Waals surface area contributed by atoms with Crippen molar-refractivity contribution in [2.24, 2.45) is 0 Å². The molecule has 2 aromatic heterocycles. The minimum absolute atomic E-state index is 0.164. The first-order valence-corrected chi connectivity index (χ1v) is 9.32. The molecule has 4 aromatic rings. The van der Waals surface area contributed by atoms with Crippen molar-refractivity contribution < 1.29 is 4.74 Å². The highest BCUT2D eigenvalue weighted by Crippen LogP contribution is 2.17. The Kier molecular flexibility index (Phi) is 4.76. The molecule has 0 bridgehead atoms. The van der Waals surface area contributed by atoms with E-state index < -0.39 is 5.69 Å². The molecule has 0 spiro atoms. The van der Waals surface area contributed by atoms with Gasteiger partial charge in [-0.15, -0.1) is 0 Å². The molecule has 2 aromatic carbocycles. The molecule has 146 valence electrons. The second-order valence-electron chi connectivity index (χ2n) is 6.97. The third kappa shape index (κ3) is 3.33. The lowest BCUT2D eigenvalue weighted by Gasteiger charge is -2.15. The summed E-state index contributed by atoms with van der Waals surface area (Å²) < 4.78 is 7.96. The van der Waals surface area contributed by atoms with Gasteiger partial charge in [-0.05, 0) is 55.3 Å². The van der Waals surface area contributed by atoms with Crippen molar-refractivity contribution in [3.63, 3.8) is 0 Å². The number of hydrogen-bond acceptors (Lipinski definition) is 4. The van der Waals surface area contributed by atoms with Crippen molar-refractivity contribution in [1.82, 2.24) is 14.1 Å². The van der Waals surface area contributed by atoms with Gasteiger partial charge in [0.1, 0.15) is 5.75 Å². The van der Waals surface area contributed by atoms with Gasteiger partial charge in [0, 0.05) is 5.69 Å². The number of nitrogens with zero attached hydrogens (tertiary/aromatic N) is 3. The van der Waals surface area contributed by atoms with Gasteiger partial charge >= 0.3 is 5.69 Å². The fourth-order valence-electron chi connectivity index (χ4n) is 3.54. The molecule has 0 unspecified atom stereocenters. The molecule has 0 aliphatic rings. The number of para-hydroxylation sites is 1. The van der Waals surface area contributed by atoms with Gasteiger partial charge in [-0.1, -0.05) is 30.3 Å². The third-order valence-corrected chi connectivity index (χ3v) is 4.93. The molecule has 2 heterocycles. The summed E-state index contributed by atoms with van der Waals surface area (Å²) in [6.45, 7) is 3.89. The van der Waals surface area contributed by atoms with Crippen LogP contribution in [0.2, 0.25) is 0 Å². The number of aromatic nitrogens is 3. The van der Waals surface area contributed by atoms with Gasteiger partial charge in [-0.3, -0.25) is 9.36 Å². The largest absolute Gasteiger partial charge is 0.497 e. The Bertz CT molecular complexity index is 1300. The zero-order valence-corrected chi connectivity index (χ0v) is 16.5. The van der Waals surface area contributed by atoms with Gasteiger partial charge in [0.05, 0.1) is 24.7 Å². The van der Waals surface area contributed by atoms with E-state index in [-0.39, 0.29) is 12.1 Å². The van der Waals surface area contributed by atoms with Crippen LogP contribution in [0, 0.1) is 13.8 Å². The van der Waals surface area contributed by atoms with Crippen molar-refractivity contribution in [1.29, 1.82) is 0 Å². The predicted molar refractivity (Wildman–Crippen MR) is 113 cm³/mol. The second kappa shape index (κ2) is 7.39. The molecule has 6 heteroatoms. The second-order valence-corrected chi connectivity index (χ2v) is 6.97. The fraction of sp³-hybridized carbons (Fsp3) is 0.174. The Morgan fingerprint density at radius 2 is 1.66 bits per heavy atom. The first kappa shape index (κ1) is 18.7. The summed E-state index contributed by atoms with van der Waals surface area (Å²) in [5.74, 6) is 0.719. The monoisotopic (exact) mass is 387 g/mol. The highest BCUT2D eigenvalue weighted by atomic mass is 16.5. The molecule has 0 saturated heterocycles. The molecule has 6 nitrogen and oxygen atoms in total. The van der Waals surface area contributed by atoms with Crippen LogP contribution in [0.25, 0.3) is 16.7 Å². The van der Waals surface area contributed by atoms with Gasteiger partial charge in [0.2, 0.25) is 0 Å². The first-order chi connectivity index (χ1) is 14.0. The molecule has 0 amide bonds. The van der Waals surface area contributed by atoms with E-state index in [2.05, 4.69) is 4.98 Å². The smallest absolute Gasteiger partial charge is 0.337 e. The van der Waals surface area contributed by atoms with E-state index in [0.29, 0.717) is 16.7 Å². The van der Waals surface area contributed by atoms with E-state index >= 15 is 0 Å².